The molecule has 0 bridgehead atoms. The van der Waals surface area contributed by atoms with Crippen LogP contribution in [0.1, 0.15) is 36.6 Å². The Morgan fingerprint density at radius 1 is 1.16 bits per heavy atom. The van der Waals surface area contributed by atoms with Gasteiger partial charge in [0.15, 0.2) is 0 Å². The van der Waals surface area contributed by atoms with Gasteiger partial charge in [0.2, 0.25) is 5.88 Å². The summed E-state index contributed by atoms with van der Waals surface area (Å²) in [5.41, 5.74) is 4.46. The van der Waals surface area contributed by atoms with Crippen LogP contribution in [-0.2, 0) is 20.1 Å². The zero-order valence-corrected chi connectivity index (χ0v) is 15.9. The van der Waals surface area contributed by atoms with E-state index in [1.807, 2.05) is 24.0 Å². The minimum atomic E-state index is 0. The number of hydrogen-bond acceptors (Lipinski definition) is 4. The predicted octanol–water partition coefficient (Wildman–Crippen LogP) is 3.81. The van der Waals surface area contributed by atoms with Crippen molar-refractivity contribution in [2.45, 2.75) is 32.9 Å². The van der Waals surface area contributed by atoms with E-state index in [4.69, 9.17) is 4.74 Å². The van der Waals surface area contributed by atoms with Gasteiger partial charge in [-0.3, -0.25) is 4.98 Å². The molecule has 0 atom stereocenters. The Hall–Kier alpha value is -2.11. The van der Waals surface area contributed by atoms with E-state index >= 15 is 0 Å². The van der Waals surface area contributed by atoms with Crippen LogP contribution >= 0.6 is 12.4 Å². The number of hydrogen-bond donors (Lipinski definition) is 1. The predicted molar refractivity (Wildman–Crippen MR) is 103 cm³/mol. The molecule has 3 aromatic rings. The van der Waals surface area contributed by atoms with Crippen LogP contribution in [0.4, 0.5) is 0 Å². The third-order valence-corrected chi connectivity index (χ3v) is 4.19. The topological polar surface area (TPSA) is 52.0 Å². The van der Waals surface area contributed by atoms with Crippen LogP contribution in [0.25, 0.3) is 10.9 Å². The molecule has 0 amide bonds. The highest BCUT2D eigenvalue weighted by Crippen LogP contribution is 2.27. The van der Waals surface area contributed by atoms with Gasteiger partial charge in [-0.05, 0) is 17.5 Å². The van der Waals surface area contributed by atoms with Crippen molar-refractivity contribution in [3.63, 3.8) is 0 Å². The summed E-state index contributed by atoms with van der Waals surface area (Å²) in [5, 5.41) is 9.28. The van der Waals surface area contributed by atoms with Gasteiger partial charge in [-0.1, -0.05) is 38.1 Å². The maximum atomic E-state index is 5.53. The second-order valence-corrected chi connectivity index (χ2v) is 6.25. The third-order valence-electron chi connectivity index (χ3n) is 4.19. The average Bonchev–Trinajstić information content (AvgIpc) is 2.91. The molecule has 0 aliphatic carbocycles. The van der Waals surface area contributed by atoms with Crippen LogP contribution in [0.5, 0.6) is 5.88 Å². The van der Waals surface area contributed by atoms with Crippen molar-refractivity contribution in [3.05, 3.63) is 53.3 Å². The first-order valence-electron chi connectivity index (χ1n) is 8.25. The number of methoxy groups -OCH3 is 1. The minimum absolute atomic E-state index is 0. The Bertz CT molecular complexity index is 839. The molecule has 0 saturated carbocycles. The maximum Gasteiger partial charge on any atom is 0.216 e. The number of halogens is 1. The summed E-state index contributed by atoms with van der Waals surface area (Å²) < 4.78 is 7.34. The molecule has 1 aromatic carbocycles. The molecule has 134 valence electrons. The van der Waals surface area contributed by atoms with Crippen molar-refractivity contribution in [1.29, 1.82) is 0 Å². The molecule has 0 aliphatic rings. The van der Waals surface area contributed by atoms with E-state index in [0.29, 0.717) is 12.5 Å². The highest BCUT2D eigenvalue weighted by Gasteiger charge is 2.18. The first-order valence-corrected chi connectivity index (χ1v) is 8.25. The number of fused-ring (bicyclic) bond motifs is 1. The lowest BCUT2D eigenvalue weighted by atomic mass is 10.1. The Kier molecular flexibility index (Phi) is 6.39. The molecule has 0 aliphatic heterocycles. The molecule has 5 nitrogen and oxygen atoms in total. The van der Waals surface area contributed by atoms with Gasteiger partial charge in [0, 0.05) is 31.7 Å². The Morgan fingerprint density at radius 2 is 1.92 bits per heavy atom. The molecule has 0 radical (unpaired) electrons. The number of ether oxygens (including phenoxy) is 1. The second-order valence-electron chi connectivity index (χ2n) is 6.25. The smallest absolute Gasteiger partial charge is 0.216 e. The van der Waals surface area contributed by atoms with E-state index in [1.54, 1.807) is 7.11 Å². The highest BCUT2D eigenvalue weighted by atomic mass is 35.5. The third kappa shape index (κ3) is 3.94. The van der Waals surface area contributed by atoms with Gasteiger partial charge in [-0.15, -0.1) is 12.4 Å². The van der Waals surface area contributed by atoms with Crippen molar-refractivity contribution in [3.8, 4) is 5.88 Å². The molecule has 0 spiro atoms. The van der Waals surface area contributed by atoms with Crippen LogP contribution in [0, 0.1) is 0 Å². The molecule has 6 heteroatoms. The summed E-state index contributed by atoms with van der Waals surface area (Å²) in [4.78, 5) is 4.51. The molecule has 1 N–H and O–H groups in total. The van der Waals surface area contributed by atoms with Crippen molar-refractivity contribution >= 4 is 23.3 Å². The summed E-state index contributed by atoms with van der Waals surface area (Å²) in [5.74, 6) is 1.18. The molecule has 3 rings (SSSR count). The summed E-state index contributed by atoms with van der Waals surface area (Å²) in [6.07, 6.45) is 1.84. The number of para-hydroxylation sites is 1. The van der Waals surface area contributed by atoms with Gasteiger partial charge in [-0.25, -0.2) is 4.68 Å². The Labute approximate surface area is 154 Å². The Balaban J connectivity index is 0.00000225. The number of nitrogens with zero attached hydrogens (tertiary/aromatic N) is 3. The van der Waals surface area contributed by atoms with Gasteiger partial charge in [0.25, 0.3) is 0 Å². The molecular formula is C19H25ClN4O. The van der Waals surface area contributed by atoms with E-state index in [-0.39, 0.29) is 12.4 Å². The van der Waals surface area contributed by atoms with E-state index in [1.165, 1.54) is 10.9 Å². The number of rotatable bonds is 6. The largest absolute Gasteiger partial charge is 0.481 e. The fraction of sp³-hybridized carbons (Fsp3) is 0.368. The quantitative estimate of drug-likeness (QED) is 0.726. The molecule has 25 heavy (non-hydrogen) atoms. The summed E-state index contributed by atoms with van der Waals surface area (Å²) in [7, 11) is 3.61. The lowest BCUT2D eigenvalue weighted by Crippen LogP contribution is -2.15. The van der Waals surface area contributed by atoms with Crippen molar-refractivity contribution in [1.82, 2.24) is 20.1 Å². The van der Waals surface area contributed by atoms with Crippen molar-refractivity contribution < 1.29 is 4.74 Å². The zero-order valence-electron chi connectivity index (χ0n) is 15.1. The second kappa shape index (κ2) is 8.32. The molecule has 0 saturated heterocycles. The summed E-state index contributed by atoms with van der Waals surface area (Å²) in [6.45, 7) is 5.78. The van der Waals surface area contributed by atoms with E-state index < -0.39 is 0 Å². The molecule has 0 fully saturated rings. The van der Waals surface area contributed by atoms with E-state index in [9.17, 15) is 0 Å². The fourth-order valence-electron chi connectivity index (χ4n) is 3.09. The summed E-state index contributed by atoms with van der Waals surface area (Å²) in [6, 6.07) is 10.3. The monoisotopic (exact) mass is 360 g/mol. The summed E-state index contributed by atoms with van der Waals surface area (Å²) >= 11 is 0. The van der Waals surface area contributed by atoms with Gasteiger partial charge >= 0.3 is 0 Å². The first-order chi connectivity index (χ1) is 11.6. The highest BCUT2D eigenvalue weighted by molar-refractivity contribution is 5.85. The number of aryl methyl sites for hydroxylation is 1. The molecule has 2 heterocycles. The normalized spacial score (nSPS) is 10.9. The number of aromatic nitrogens is 3. The maximum absolute atomic E-state index is 5.53. The van der Waals surface area contributed by atoms with Crippen LogP contribution in [-0.4, -0.2) is 21.9 Å². The number of benzene rings is 1. The number of nitrogens with one attached hydrogen (secondary N) is 1. The standard InChI is InChI=1S/C19H24N4O.ClH/c1-13(2)17-16(19(24-4)23(3)22-17)12-20-11-15-8-5-7-14-9-6-10-21-18(14)15;/h5-10,13,20H,11-12H2,1-4H3;1H. The number of pyridine rings is 1. The minimum Gasteiger partial charge on any atom is -0.481 e. The lowest BCUT2D eigenvalue weighted by molar-refractivity contribution is 0.368. The van der Waals surface area contributed by atoms with Gasteiger partial charge < -0.3 is 10.1 Å². The van der Waals surface area contributed by atoms with E-state index in [0.717, 1.165) is 29.2 Å². The molecular weight excluding hydrogens is 336 g/mol. The lowest BCUT2D eigenvalue weighted by Gasteiger charge is -2.10. The average molecular weight is 361 g/mol. The molecule has 0 unspecified atom stereocenters. The van der Waals surface area contributed by atoms with Crippen LogP contribution in [0.3, 0.4) is 0 Å². The van der Waals surface area contributed by atoms with Crippen molar-refractivity contribution in [2.75, 3.05) is 7.11 Å². The zero-order chi connectivity index (χ0) is 17.1. The Morgan fingerprint density at radius 3 is 2.64 bits per heavy atom. The van der Waals surface area contributed by atoms with Gasteiger partial charge in [0.05, 0.1) is 23.9 Å². The van der Waals surface area contributed by atoms with Crippen LogP contribution < -0.4 is 10.1 Å². The van der Waals surface area contributed by atoms with Crippen LogP contribution in [0.2, 0.25) is 0 Å². The first kappa shape index (κ1) is 19.2. The fourth-order valence-corrected chi connectivity index (χ4v) is 3.09. The van der Waals surface area contributed by atoms with E-state index in [2.05, 4.69) is 53.5 Å². The van der Waals surface area contributed by atoms with Crippen LogP contribution in [0.15, 0.2) is 36.5 Å². The van der Waals surface area contributed by atoms with Gasteiger partial charge in [-0.2, -0.15) is 5.10 Å². The SMILES string of the molecule is COc1c(CNCc2cccc3cccnc23)c(C(C)C)nn1C.Cl. The molecule has 2 aromatic heterocycles. The van der Waals surface area contributed by atoms with Gasteiger partial charge in [0.1, 0.15) is 0 Å². The van der Waals surface area contributed by atoms with Crippen molar-refractivity contribution in [2.24, 2.45) is 7.05 Å².